The molecule has 2 aliphatic heterocycles. The summed E-state index contributed by atoms with van der Waals surface area (Å²) in [5.74, 6) is 0. The summed E-state index contributed by atoms with van der Waals surface area (Å²) in [6, 6.07) is 0.698. The summed E-state index contributed by atoms with van der Waals surface area (Å²) in [6.45, 7) is 6.07. The minimum Gasteiger partial charge on any atom is -0.389 e. The van der Waals surface area contributed by atoms with Gasteiger partial charge in [-0.2, -0.15) is 0 Å². The van der Waals surface area contributed by atoms with Crippen LogP contribution in [0.2, 0.25) is 0 Å². The van der Waals surface area contributed by atoms with Crippen molar-refractivity contribution in [2.45, 2.75) is 25.0 Å². The van der Waals surface area contributed by atoms with Crippen molar-refractivity contribution in [3.63, 3.8) is 0 Å². The van der Waals surface area contributed by atoms with Gasteiger partial charge in [-0.25, -0.2) is 0 Å². The molecule has 2 rings (SSSR count). The third-order valence-corrected chi connectivity index (χ3v) is 2.76. The Morgan fingerprint density at radius 3 is 2.64 bits per heavy atom. The molecule has 0 aliphatic carbocycles. The summed E-state index contributed by atoms with van der Waals surface area (Å²) < 4.78 is 0. The molecule has 2 N–H and O–H groups in total. The molecule has 0 spiro atoms. The van der Waals surface area contributed by atoms with Gasteiger partial charge in [-0.05, 0) is 13.3 Å². The Kier molecular flexibility index (Phi) is 1.67. The smallest absolute Gasteiger partial charge is 0.0758 e. The number of β-amino-alcohol motifs (C(OH)–C–C–N with tert-alkyl or cyclic N) is 1. The van der Waals surface area contributed by atoms with Crippen LogP contribution in [0, 0.1) is 0 Å². The monoisotopic (exact) mass is 156 g/mol. The van der Waals surface area contributed by atoms with E-state index in [0.717, 1.165) is 32.6 Å². The van der Waals surface area contributed by atoms with E-state index in [-0.39, 0.29) is 0 Å². The number of nitrogens with one attached hydrogen (secondary N) is 1. The lowest BCUT2D eigenvalue weighted by Gasteiger charge is -2.35. The fraction of sp³-hybridized carbons (Fsp3) is 1.00. The van der Waals surface area contributed by atoms with Crippen LogP contribution in [0.5, 0.6) is 0 Å². The molecule has 2 aliphatic rings. The third-order valence-electron chi connectivity index (χ3n) is 2.76. The van der Waals surface area contributed by atoms with Crippen molar-refractivity contribution in [2.75, 3.05) is 26.2 Å². The number of hydrogen-bond donors (Lipinski definition) is 2. The van der Waals surface area contributed by atoms with Crippen molar-refractivity contribution in [3.8, 4) is 0 Å². The van der Waals surface area contributed by atoms with Gasteiger partial charge in [0.25, 0.3) is 0 Å². The van der Waals surface area contributed by atoms with Crippen molar-refractivity contribution in [1.82, 2.24) is 10.2 Å². The van der Waals surface area contributed by atoms with Crippen LogP contribution < -0.4 is 5.32 Å². The molecule has 2 saturated heterocycles. The van der Waals surface area contributed by atoms with Crippen LogP contribution in [0.25, 0.3) is 0 Å². The zero-order valence-corrected chi connectivity index (χ0v) is 7.01. The number of aliphatic hydroxyl groups is 1. The maximum Gasteiger partial charge on any atom is 0.0758 e. The summed E-state index contributed by atoms with van der Waals surface area (Å²) in [5.41, 5.74) is -0.421. The molecule has 0 unspecified atom stereocenters. The summed E-state index contributed by atoms with van der Waals surface area (Å²) in [7, 11) is 0. The molecule has 11 heavy (non-hydrogen) atoms. The second kappa shape index (κ2) is 2.44. The number of likely N-dealkylation sites (tertiary alicyclic amines) is 1. The van der Waals surface area contributed by atoms with Gasteiger partial charge >= 0.3 is 0 Å². The van der Waals surface area contributed by atoms with Crippen LogP contribution in [0.1, 0.15) is 13.3 Å². The van der Waals surface area contributed by atoms with E-state index in [2.05, 4.69) is 10.2 Å². The van der Waals surface area contributed by atoms with Crippen LogP contribution in [0.4, 0.5) is 0 Å². The summed E-state index contributed by atoms with van der Waals surface area (Å²) in [6.07, 6.45) is 0.934. The van der Waals surface area contributed by atoms with Crippen LogP contribution in [-0.2, 0) is 0 Å². The Balaban J connectivity index is 1.88. The largest absolute Gasteiger partial charge is 0.389 e. The first kappa shape index (κ1) is 7.53. The Hall–Kier alpha value is -0.120. The van der Waals surface area contributed by atoms with Gasteiger partial charge in [0.1, 0.15) is 0 Å². The van der Waals surface area contributed by atoms with Crippen LogP contribution in [0.3, 0.4) is 0 Å². The highest BCUT2D eigenvalue weighted by Gasteiger charge is 2.36. The van der Waals surface area contributed by atoms with Gasteiger partial charge in [-0.1, -0.05) is 0 Å². The molecular weight excluding hydrogens is 140 g/mol. The predicted octanol–water partition coefficient (Wildman–Crippen LogP) is -0.585. The Morgan fingerprint density at radius 2 is 2.27 bits per heavy atom. The fourth-order valence-corrected chi connectivity index (χ4v) is 1.82. The van der Waals surface area contributed by atoms with Crippen LogP contribution >= 0.6 is 0 Å². The highest BCUT2D eigenvalue weighted by Crippen LogP contribution is 2.23. The highest BCUT2D eigenvalue weighted by molar-refractivity contribution is 4.93. The quantitative estimate of drug-likeness (QED) is 0.533. The molecular formula is C8H16N2O. The average molecular weight is 156 g/mol. The Morgan fingerprint density at radius 1 is 1.55 bits per heavy atom. The predicted molar refractivity (Wildman–Crippen MR) is 43.5 cm³/mol. The molecule has 0 radical (unpaired) electrons. The van der Waals surface area contributed by atoms with Gasteiger partial charge < -0.3 is 10.4 Å². The molecule has 64 valence electrons. The standard InChI is InChI=1S/C8H16N2O/c1-8(11)2-3-10(6-8)7-4-9-5-7/h7,9,11H,2-6H2,1H3/t8-/m1/s1. The Bertz CT molecular complexity index is 154. The molecule has 1 atom stereocenters. The summed E-state index contributed by atoms with van der Waals surface area (Å²) in [4.78, 5) is 2.39. The molecule has 0 aromatic rings. The van der Waals surface area contributed by atoms with Crippen LogP contribution in [-0.4, -0.2) is 47.8 Å². The van der Waals surface area contributed by atoms with Crippen molar-refractivity contribution in [2.24, 2.45) is 0 Å². The third kappa shape index (κ3) is 1.41. The molecule has 0 amide bonds. The first-order valence-corrected chi connectivity index (χ1v) is 4.34. The molecule has 0 aromatic heterocycles. The van der Waals surface area contributed by atoms with Gasteiger partial charge in [0.2, 0.25) is 0 Å². The van der Waals surface area contributed by atoms with E-state index in [4.69, 9.17) is 0 Å². The summed E-state index contributed by atoms with van der Waals surface area (Å²) in [5, 5.41) is 12.9. The average Bonchev–Trinajstić information content (AvgIpc) is 2.05. The van der Waals surface area contributed by atoms with Gasteiger partial charge in [0, 0.05) is 32.2 Å². The van der Waals surface area contributed by atoms with Crippen molar-refractivity contribution in [3.05, 3.63) is 0 Å². The maximum atomic E-state index is 9.67. The van der Waals surface area contributed by atoms with E-state index >= 15 is 0 Å². The van der Waals surface area contributed by atoms with Gasteiger partial charge in [-0.3, -0.25) is 4.90 Å². The maximum absolute atomic E-state index is 9.67. The van der Waals surface area contributed by atoms with Gasteiger partial charge in [-0.15, -0.1) is 0 Å². The van der Waals surface area contributed by atoms with Gasteiger partial charge in [0.05, 0.1) is 5.60 Å². The van der Waals surface area contributed by atoms with Crippen LogP contribution in [0.15, 0.2) is 0 Å². The first-order chi connectivity index (χ1) is 5.17. The van der Waals surface area contributed by atoms with E-state index in [1.54, 1.807) is 0 Å². The van der Waals surface area contributed by atoms with Gasteiger partial charge in [0.15, 0.2) is 0 Å². The van der Waals surface area contributed by atoms with Crippen molar-refractivity contribution in [1.29, 1.82) is 0 Å². The minimum absolute atomic E-state index is 0.421. The zero-order chi connectivity index (χ0) is 7.90. The Labute approximate surface area is 67.4 Å². The number of hydrogen-bond acceptors (Lipinski definition) is 3. The van der Waals surface area contributed by atoms with Crippen molar-refractivity contribution < 1.29 is 5.11 Å². The van der Waals surface area contributed by atoms with Crippen molar-refractivity contribution >= 4 is 0 Å². The van der Waals surface area contributed by atoms with E-state index < -0.39 is 5.60 Å². The lowest BCUT2D eigenvalue weighted by Crippen LogP contribution is -2.57. The SMILES string of the molecule is C[C@@]1(O)CCN(C2CNC2)C1. The second-order valence-corrected chi connectivity index (χ2v) is 4.03. The highest BCUT2D eigenvalue weighted by atomic mass is 16.3. The lowest BCUT2D eigenvalue weighted by molar-refractivity contribution is 0.0565. The van der Waals surface area contributed by atoms with E-state index in [9.17, 15) is 5.11 Å². The molecule has 3 heteroatoms. The van der Waals surface area contributed by atoms with E-state index in [1.807, 2.05) is 6.92 Å². The normalized spacial score (nSPS) is 40.9. The lowest BCUT2D eigenvalue weighted by atomic mass is 10.1. The number of nitrogens with zero attached hydrogens (tertiary/aromatic N) is 1. The molecule has 0 saturated carbocycles. The first-order valence-electron chi connectivity index (χ1n) is 4.34. The second-order valence-electron chi connectivity index (χ2n) is 4.03. The molecule has 0 aromatic carbocycles. The molecule has 0 bridgehead atoms. The molecule has 2 heterocycles. The number of rotatable bonds is 1. The topological polar surface area (TPSA) is 35.5 Å². The van der Waals surface area contributed by atoms with E-state index in [1.165, 1.54) is 0 Å². The zero-order valence-electron chi connectivity index (χ0n) is 7.01. The summed E-state index contributed by atoms with van der Waals surface area (Å²) >= 11 is 0. The molecule has 2 fully saturated rings. The molecule has 3 nitrogen and oxygen atoms in total. The minimum atomic E-state index is -0.421. The fourth-order valence-electron chi connectivity index (χ4n) is 1.82. The van der Waals surface area contributed by atoms with E-state index in [0.29, 0.717) is 6.04 Å².